The van der Waals surface area contributed by atoms with Crippen LogP contribution in [0.15, 0.2) is 30.3 Å². The highest BCUT2D eigenvalue weighted by Gasteiger charge is 2.23. The predicted molar refractivity (Wildman–Crippen MR) is 79.6 cm³/mol. The fourth-order valence-electron chi connectivity index (χ4n) is 3.21. The SMILES string of the molecule is c1ccc(CN(CC2CCOC2)CC2CCCO2)cc1. The van der Waals surface area contributed by atoms with Crippen LogP contribution in [-0.4, -0.2) is 43.9 Å². The van der Waals surface area contributed by atoms with Gasteiger partial charge in [-0.2, -0.15) is 0 Å². The third-order valence-electron chi connectivity index (χ3n) is 4.28. The van der Waals surface area contributed by atoms with Crippen molar-refractivity contribution in [1.82, 2.24) is 4.90 Å². The van der Waals surface area contributed by atoms with E-state index < -0.39 is 0 Å². The highest BCUT2D eigenvalue weighted by molar-refractivity contribution is 5.14. The van der Waals surface area contributed by atoms with Gasteiger partial charge in [-0.15, -0.1) is 0 Å². The van der Waals surface area contributed by atoms with E-state index in [2.05, 4.69) is 35.2 Å². The molecule has 2 unspecified atom stereocenters. The van der Waals surface area contributed by atoms with E-state index in [0.29, 0.717) is 12.0 Å². The molecule has 2 aliphatic rings. The topological polar surface area (TPSA) is 21.7 Å². The molecule has 20 heavy (non-hydrogen) atoms. The van der Waals surface area contributed by atoms with Crippen LogP contribution >= 0.6 is 0 Å². The smallest absolute Gasteiger partial charge is 0.0702 e. The second-order valence-corrected chi connectivity index (χ2v) is 6.04. The second-order valence-electron chi connectivity index (χ2n) is 6.04. The maximum absolute atomic E-state index is 5.81. The summed E-state index contributed by atoms with van der Waals surface area (Å²) in [6.45, 7) is 6.02. The molecule has 0 saturated carbocycles. The van der Waals surface area contributed by atoms with Gasteiger partial charge in [-0.25, -0.2) is 0 Å². The Labute approximate surface area is 121 Å². The molecule has 2 heterocycles. The number of hydrogen-bond acceptors (Lipinski definition) is 3. The summed E-state index contributed by atoms with van der Waals surface area (Å²) in [7, 11) is 0. The first-order valence-electron chi connectivity index (χ1n) is 7.86. The molecular weight excluding hydrogens is 250 g/mol. The Morgan fingerprint density at radius 2 is 1.95 bits per heavy atom. The van der Waals surface area contributed by atoms with Gasteiger partial charge < -0.3 is 9.47 Å². The Morgan fingerprint density at radius 3 is 2.65 bits per heavy atom. The van der Waals surface area contributed by atoms with Crippen LogP contribution in [0.3, 0.4) is 0 Å². The van der Waals surface area contributed by atoms with Crippen LogP contribution in [0, 0.1) is 5.92 Å². The maximum Gasteiger partial charge on any atom is 0.0702 e. The summed E-state index contributed by atoms with van der Waals surface area (Å²) in [4.78, 5) is 2.56. The largest absolute Gasteiger partial charge is 0.381 e. The van der Waals surface area contributed by atoms with Gasteiger partial charge in [0.25, 0.3) is 0 Å². The van der Waals surface area contributed by atoms with E-state index in [0.717, 1.165) is 39.5 Å². The third kappa shape index (κ3) is 4.05. The van der Waals surface area contributed by atoms with Gasteiger partial charge in [-0.1, -0.05) is 30.3 Å². The molecule has 2 saturated heterocycles. The third-order valence-corrected chi connectivity index (χ3v) is 4.28. The zero-order valence-electron chi connectivity index (χ0n) is 12.2. The lowest BCUT2D eigenvalue weighted by atomic mass is 10.1. The first kappa shape index (κ1) is 14.1. The van der Waals surface area contributed by atoms with Gasteiger partial charge in [0, 0.05) is 32.8 Å². The molecule has 1 aromatic rings. The minimum atomic E-state index is 0.432. The molecule has 2 fully saturated rings. The van der Waals surface area contributed by atoms with Crippen LogP contribution in [0.25, 0.3) is 0 Å². The summed E-state index contributed by atoms with van der Waals surface area (Å²) in [5.74, 6) is 0.695. The molecule has 3 nitrogen and oxygen atoms in total. The van der Waals surface area contributed by atoms with Crippen LogP contribution in [0.5, 0.6) is 0 Å². The van der Waals surface area contributed by atoms with Crippen molar-refractivity contribution in [2.24, 2.45) is 5.92 Å². The molecule has 2 atom stereocenters. The number of nitrogens with zero attached hydrogens (tertiary/aromatic N) is 1. The average Bonchev–Trinajstić information content (AvgIpc) is 3.13. The van der Waals surface area contributed by atoms with Gasteiger partial charge in [0.05, 0.1) is 12.7 Å². The average molecular weight is 275 g/mol. The summed E-state index contributed by atoms with van der Waals surface area (Å²) < 4.78 is 11.3. The van der Waals surface area contributed by atoms with Crippen molar-refractivity contribution in [3.05, 3.63) is 35.9 Å². The van der Waals surface area contributed by atoms with Gasteiger partial charge in [0.2, 0.25) is 0 Å². The van der Waals surface area contributed by atoms with Crippen molar-refractivity contribution in [3.8, 4) is 0 Å². The Balaban J connectivity index is 1.58. The number of benzene rings is 1. The molecule has 0 radical (unpaired) electrons. The first-order valence-corrected chi connectivity index (χ1v) is 7.86. The lowest BCUT2D eigenvalue weighted by Crippen LogP contribution is -2.35. The Kier molecular flexibility index (Phi) is 5.06. The van der Waals surface area contributed by atoms with Crippen LogP contribution in [-0.2, 0) is 16.0 Å². The van der Waals surface area contributed by atoms with Crippen molar-refractivity contribution in [2.45, 2.75) is 31.9 Å². The van der Waals surface area contributed by atoms with Crippen LogP contribution in [0.4, 0.5) is 0 Å². The molecule has 3 heteroatoms. The van der Waals surface area contributed by atoms with Crippen molar-refractivity contribution < 1.29 is 9.47 Å². The molecule has 110 valence electrons. The molecule has 0 aromatic heterocycles. The van der Waals surface area contributed by atoms with E-state index in [9.17, 15) is 0 Å². The van der Waals surface area contributed by atoms with Gasteiger partial charge in [0.1, 0.15) is 0 Å². The Hall–Kier alpha value is -0.900. The summed E-state index contributed by atoms with van der Waals surface area (Å²) in [6.07, 6.45) is 4.07. The molecule has 1 aromatic carbocycles. The fourth-order valence-corrected chi connectivity index (χ4v) is 3.21. The monoisotopic (exact) mass is 275 g/mol. The standard InChI is InChI=1S/C17H25NO2/c1-2-5-15(6-3-1)11-18(12-16-8-10-19-14-16)13-17-7-4-9-20-17/h1-3,5-6,16-17H,4,7-14H2. The minimum Gasteiger partial charge on any atom is -0.381 e. The van der Waals surface area contributed by atoms with E-state index in [1.54, 1.807) is 0 Å². The van der Waals surface area contributed by atoms with Crippen molar-refractivity contribution in [2.75, 3.05) is 32.9 Å². The summed E-state index contributed by atoms with van der Waals surface area (Å²) in [5, 5.41) is 0. The maximum atomic E-state index is 5.81. The van der Waals surface area contributed by atoms with Crippen LogP contribution in [0.1, 0.15) is 24.8 Å². The summed E-state index contributed by atoms with van der Waals surface area (Å²) >= 11 is 0. The zero-order chi connectivity index (χ0) is 13.6. The molecular formula is C17H25NO2. The zero-order valence-corrected chi connectivity index (χ0v) is 12.2. The molecule has 0 aliphatic carbocycles. The number of rotatable bonds is 6. The molecule has 0 N–H and O–H groups in total. The van der Waals surface area contributed by atoms with E-state index in [1.807, 2.05) is 0 Å². The molecule has 0 spiro atoms. The van der Waals surface area contributed by atoms with E-state index in [1.165, 1.54) is 24.8 Å². The van der Waals surface area contributed by atoms with Crippen LogP contribution < -0.4 is 0 Å². The van der Waals surface area contributed by atoms with E-state index in [4.69, 9.17) is 9.47 Å². The second kappa shape index (κ2) is 7.21. The highest BCUT2D eigenvalue weighted by atomic mass is 16.5. The summed E-state index contributed by atoms with van der Waals surface area (Å²) in [5.41, 5.74) is 1.39. The van der Waals surface area contributed by atoms with Gasteiger partial charge in [-0.3, -0.25) is 4.90 Å². The highest BCUT2D eigenvalue weighted by Crippen LogP contribution is 2.19. The summed E-state index contributed by atoms with van der Waals surface area (Å²) in [6, 6.07) is 10.8. The molecule has 0 amide bonds. The number of ether oxygens (including phenoxy) is 2. The molecule has 2 aliphatic heterocycles. The normalized spacial score (nSPS) is 26.4. The quantitative estimate of drug-likeness (QED) is 0.797. The fraction of sp³-hybridized carbons (Fsp3) is 0.647. The van der Waals surface area contributed by atoms with E-state index >= 15 is 0 Å². The number of hydrogen-bond donors (Lipinski definition) is 0. The minimum absolute atomic E-state index is 0.432. The Morgan fingerprint density at radius 1 is 1.05 bits per heavy atom. The predicted octanol–water partition coefficient (Wildman–Crippen LogP) is 2.70. The lowest BCUT2D eigenvalue weighted by Gasteiger charge is -2.27. The van der Waals surface area contributed by atoms with Gasteiger partial charge in [0.15, 0.2) is 0 Å². The molecule has 0 bridgehead atoms. The first-order chi connectivity index (χ1) is 9.90. The van der Waals surface area contributed by atoms with Crippen molar-refractivity contribution in [3.63, 3.8) is 0 Å². The van der Waals surface area contributed by atoms with Gasteiger partial charge in [-0.05, 0) is 30.7 Å². The lowest BCUT2D eigenvalue weighted by molar-refractivity contribution is 0.0631. The Bertz CT molecular complexity index is 365. The van der Waals surface area contributed by atoms with Crippen molar-refractivity contribution >= 4 is 0 Å². The van der Waals surface area contributed by atoms with Crippen molar-refractivity contribution in [1.29, 1.82) is 0 Å². The van der Waals surface area contributed by atoms with Crippen LogP contribution in [0.2, 0.25) is 0 Å². The molecule has 3 rings (SSSR count). The van der Waals surface area contributed by atoms with E-state index in [-0.39, 0.29) is 0 Å². The van der Waals surface area contributed by atoms with Gasteiger partial charge >= 0.3 is 0 Å².